The summed E-state index contributed by atoms with van der Waals surface area (Å²) in [4.78, 5) is 0. The Morgan fingerprint density at radius 3 is 2.00 bits per heavy atom. The second kappa shape index (κ2) is 5.98. The van der Waals surface area contributed by atoms with E-state index in [4.69, 9.17) is 9.47 Å². The van der Waals surface area contributed by atoms with Crippen LogP contribution in [0.2, 0.25) is 0 Å². The standard InChI is InChI=1S/C15H23NO2/c1-11-4-6-12(7-5-11)16-13-8-14(17-2)10-15(9-13)18-3/h8-12,16H,4-7H2,1-3H3. The van der Waals surface area contributed by atoms with Gasteiger partial charge in [-0.2, -0.15) is 0 Å². The minimum absolute atomic E-state index is 0.581. The molecule has 1 N–H and O–H groups in total. The smallest absolute Gasteiger partial charge is 0.124 e. The van der Waals surface area contributed by atoms with E-state index in [0.29, 0.717) is 6.04 Å². The summed E-state index contributed by atoms with van der Waals surface area (Å²) >= 11 is 0. The summed E-state index contributed by atoms with van der Waals surface area (Å²) in [6.45, 7) is 2.34. The van der Waals surface area contributed by atoms with Crippen molar-refractivity contribution in [3.8, 4) is 11.5 Å². The van der Waals surface area contributed by atoms with Crippen LogP contribution in [0.1, 0.15) is 32.6 Å². The van der Waals surface area contributed by atoms with Crippen molar-refractivity contribution in [2.75, 3.05) is 19.5 Å². The highest BCUT2D eigenvalue weighted by Crippen LogP contribution is 2.30. The van der Waals surface area contributed by atoms with Gasteiger partial charge < -0.3 is 14.8 Å². The molecule has 0 aromatic heterocycles. The van der Waals surface area contributed by atoms with E-state index in [1.165, 1.54) is 25.7 Å². The zero-order valence-electron chi connectivity index (χ0n) is 11.5. The van der Waals surface area contributed by atoms with Crippen molar-refractivity contribution in [2.24, 2.45) is 5.92 Å². The van der Waals surface area contributed by atoms with Crippen molar-refractivity contribution in [1.82, 2.24) is 0 Å². The maximum absolute atomic E-state index is 5.28. The molecule has 0 heterocycles. The molecular weight excluding hydrogens is 226 g/mol. The number of hydrogen-bond donors (Lipinski definition) is 1. The number of benzene rings is 1. The van der Waals surface area contributed by atoms with Gasteiger partial charge in [-0.25, -0.2) is 0 Å². The first-order chi connectivity index (χ1) is 8.71. The minimum atomic E-state index is 0.581. The fraction of sp³-hybridized carbons (Fsp3) is 0.600. The third-order valence-electron chi connectivity index (χ3n) is 3.74. The van der Waals surface area contributed by atoms with E-state index in [0.717, 1.165) is 23.1 Å². The molecule has 3 nitrogen and oxygen atoms in total. The van der Waals surface area contributed by atoms with Gasteiger partial charge in [0.2, 0.25) is 0 Å². The Morgan fingerprint density at radius 2 is 1.50 bits per heavy atom. The predicted molar refractivity (Wildman–Crippen MR) is 74.6 cm³/mol. The Bertz CT molecular complexity index is 362. The number of methoxy groups -OCH3 is 2. The highest BCUT2D eigenvalue weighted by molar-refractivity contribution is 5.54. The van der Waals surface area contributed by atoms with Crippen molar-refractivity contribution < 1.29 is 9.47 Å². The molecule has 0 amide bonds. The molecule has 1 aromatic carbocycles. The van der Waals surface area contributed by atoms with Crippen LogP contribution < -0.4 is 14.8 Å². The Morgan fingerprint density at radius 1 is 0.944 bits per heavy atom. The van der Waals surface area contributed by atoms with E-state index in [1.807, 2.05) is 18.2 Å². The summed E-state index contributed by atoms with van der Waals surface area (Å²) in [6, 6.07) is 6.54. The van der Waals surface area contributed by atoms with Gasteiger partial charge in [0.1, 0.15) is 11.5 Å². The molecule has 100 valence electrons. The third kappa shape index (κ3) is 3.31. The fourth-order valence-corrected chi connectivity index (χ4v) is 2.53. The van der Waals surface area contributed by atoms with Crippen LogP contribution in [0.15, 0.2) is 18.2 Å². The lowest BCUT2D eigenvalue weighted by molar-refractivity contribution is 0.360. The zero-order chi connectivity index (χ0) is 13.0. The molecular formula is C15H23NO2. The largest absolute Gasteiger partial charge is 0.497 e. The van der Waals surface area contributed by atoms with Crippen molar-refractivity contribution in [1.29, 1.82) is 0 Å². The van der Waals surface area contributed by atoms with Crippen LogP contribution in [-0.4, -0.2) is 20.3 Å². The van der Waals surface area contributed by atoms with Gasteiger partial charge in [-0.15, -0.1) is 0 Å². The molecule has 2 rings (SSSR count). The molecule has 1 aliphatic carbocycles. The van der Waals surface area contributed by atoms with Crippen LogP contribution in [0.4, 0.5) is 5.69 Å². The lowest BCUT2D eigenvalue weighted by Crippen LogP contribution is -2.25. The van der Waals surface area contributed by atoms with Crippen LogP contribution in [0.25, 0.3) is 0 Å². The first kappa shape index (κ1) is 13.1. The number of anilines is 1. The van der Waals surface area contributed by atoms with E-state index in [-0.39, 0.29) is 0 Å². The average Bonchev–Trinajstić information content (AvgIpc) is 2.41. The monoisotopic (exact) mass is 249 g/mol. The van der Waals surface area contributed by atoms with Gasteiger partial charge in [-0.3, -0.25) is 0 Å². The van der Waals surface area contributed by atoms with Gasteiger partial charge in [-0.05, 0) is 31.6 Å². The summed E-state index contributed by atoms with van der Waals surface area (Å²) in [5.41, 5.74) is 1.09. The zero-order valence-corrected chi connectivity index (χ0v) is 11.5. The Labute approximate surface area is 109 Å². The van der Waals surface area contributed by atoms with Gasteiger partial charge in [0.05, 0.1) is 14.2 Å². The summed E-state index contributed by atoms with van der Waals surface area (Å²) in [6.07, 6.45) is 5.14. The van der Waals surface area contributed by atoms with Crippen molar-refractivity contribution in [3.63, 3.8) is 0 Å². The van der Waals surface area contributed by atoms with Crippen LogP contribution >= 0.6 is 0 Å². The number of hydrogen-bond acceptors (Lipinski definition) is 3. The summed E-state index contributed by atoms with van der Waals surface area (Å²) in [5.74, 6) is 2.55. The van der Waals surface area contributed by atoms with Gasteiger partial charge in [0, 0.05) is 29.9 Å². The van der Waals surface area contributed by atoms with Crippen molar-refractivity contribution in [3.05, 3.63) is 18.2 Å². The molecule has 0 aliphatic heterocycles. The SMILES string of the molecule is COc1cc(NC2CCC(C)CC2)cc(OC)c1. The Hall–Kier alpha value is -1.38. The predicted octanol–water partition coefficient (Wildman–Crippen LogP) is 3.69. The summed E-state index contributed by atoms with van der Waals surface area (Å²) in [5, 5.41) is 3.59. The molecule has 0 radical (unpaired) electrons. The van der Waals surface area contributed by atoms with Gasteiger partial charge in [-0.1, -0.05) is 6.92 Å². The van der Waals surface area contributed by atoms with E-state index in [9.17, 15) is 0 Å². The Balaban J connectivity index is 2.03. The average molecular weight is 249 g/mol. The highest BCUT2D eigenvalue weighted by Gasteiger charge is 2.18. The van der Waals surface area contributed by atoms with Crippen LogP contribution in [0.5, 0.6) is 11.5 Å². The second-order valence-corrected chi connectivity index (χ2v) is 5.20. The van der Waals surface area contributed by atoms with Crippen molar-refractivity contribution in [2.45, 2.75) is 38.6 Å². The molecule has 1 fully saturated rings. The maximum Gasteiger partial charge on any atom is 0.124 e. The van der Waals surface area contributed by atoms with Crippen molar-refractivity contribution >= 4 is 5.69 Å². The molecule has 1 aromatic rings. The van der Waals surface area contributed by atoms with Crippen LogP contribution in [-0.2, 0) is 0 Å². The van der Waals surface area contributed by atoms with Crippen LogP contribution in [0, 0.1) is 5.92 Å². The van der Waals surface area contributed by atoms with E-state index in [1.54, 1.807) is 14.2 Å². The molecule has 0 unspecified atom stereocenters. The molecule has 0 bridgehead atoms. The Kier molecular flexibility index (Phi) is 4.34. The molecule has 1 aliphatic rings. The fourth-order valence-electron chi connectivity index (χ4n) is 2.53. The second-order valence-electron chi connectivity index (χ2n) is 5.20. The molecule has 18 heavy (non-hydrogen) atoms. The maximum atomic E-state index is 5.28. The number of rotatable bonds is 4. The molecule has 0 atom stereocenters. The van der Waals surface area contributed by atoms with Gasteiger partial charge in [0.15, 0.2) is 0 Å². The molecule has 3 heteroatoms. The lowest BCUT2D eigenvalue weighted by atomic mass is 9.87. The first-order valence-corrected chi connectivity index (χ1v) is 6.71. The first-order valence-electron chi connectivity index (χ1n) is 6.71. The minimum Gasteiger partial charge on any atom is -0.497 e. The quantitative estimate of drug-likeness (QED) is 0.882. The van der Waals surface area contributed by atoms with E-state index < -0.39 is 0 Å². The summed E-state index contributed by atoms with van der Waals surface area (Å²) in [7, 11) is 3.36. The normalized spacial score (nSPS) is 23.5. The van der Waals surface area contributed by atoms with Gasteiger partial charge >= 0.3 is 0 Å². The topological polar surface area (TPSA) is 30.5 Å². The summed E-state index contributed by atoms with van der Waals surface area (Å²) < 4.78 is 10.6. The molecule has 0 spiro atoms. The number of ether oxygens (including phenoxy) is 2. The third-order valence-corrected chi connectivity index (χ3v) is 3.74. The lowest BCUT2D eigenvalue weighted by Gasteiger charge is -2.28. The van der Waals surface area contributed by atoms with Crippen LogP contribution in [0.3, 0.4) is 0 Å². The highest BCUT2D eigenvalue weighted by atomic mass is 16.5. The van der Waals surface area contributed by atoms with Gasteiger partial charge in [0.25, 0.3) is 0 Å². The molecule has 1 saturated carbocycles. The van der Waals surface area contributed by atoms with E-state index in [2.05, 4.69) is 12.2 Å². The molecule has 0 saturated heterocycles. The number of nitrogens with one attached hydrogen (secondary N) is 1. The van der Waals surface area contributed by atoms with E-state index >= 15 is 0 Å².